The molecule has 0 bridgehead atoms. The molecule has 1 N–H and O–H groups in total. The number of carbonyl (C=O) groups excluding carboxylic acids is 1. The Kier molecular flexibility index (Phi) is 3.99. The van der Waals surface area contributed by atoms with Gasteiger partial charge in [-0.1, -0.05) is 30.3 Å². The molecule has 0 aromatic heterocycles. The Hall–Kier alpha value is -1.81. The molecule has 0 aliphatic heterocycles. The molecule has 0 aliphatic rings. The Balaban J connectivity index is 2.13. The van der Waals surface area contributed by atoms with E-state index in [1.54, 1.807) is 11.9 Å². The number of benzene rings is 2. The summed E-state index contributed by atoms with van der Waals surface area (Å²) < 4.78 is 0.885. The maximum Gasteiger partial charge on any atom is 0.326 e. The Labute approximate surface area is 115 Å². The minimum atomic E-state index is -0.173. The van der Waals surface area contributed by atoms with E-state index in [0.29, 0.717) is 0 Å². The van der Waals surface area contributed by atoms with E-state index < -0.39 is 0 Å². The summed E-state index contributed by atoms with van der Waals surface area (Å²) >= 11 is 3.43. The average molecular weight is 305 g/mol. The lowest BCUT2D eigenvalue weighted by Crippen LogP contribution is -2.31. The van der Waals surface area contributed by atoms with Crippen molar-refractivity contribution in [2.45, 2.75) is 0 Å². The number of halogens is 1. The fourth-order valence-electron chi connectivity index (χ4n) is 1.56. The summed E-state index contributed by atoms with van der Waals surface area (Å²) in [7, 11) is 1.73. The molecule has 0 unspecified atom stereocenters. The van der Waals surface area contributed by atoms with Crippen LogP contribution in [0.25, 0.3) is 0 Å². The summed E-state index contributed by atoms with van der Waals surface area (Å²) in [6, 6.07) is 16.8. The molecule has 0 radical (unpaired) electrons. The Morgan fingerprint density at radius 1 is 1.06 bits per heavy atom. The van der Waals surface area contributed by atoms with Gasteiger partial charge >= 0.3 is 6.03 Å². The van der Waals surface area contributed by atoms with Crippen LogP contribution in [0.5, 0.6) is 0 Å². The average Bonchev–Trinajstić information content (AvgIpc) is 2.39. The minimum Gasteiger partial charge on any atom is -0.308 e. The van der Waals surface area contributed by atoms with Crippen molar-refractivity contribution in [1.29, 1.82) is 0 Å². The van der Waals surface area contributed by atoms with Gasteiger partial charge in [0.2, 0.25) is 0 Å². The van der Waals surface area contributed by atoms with Gasteiger partial charge in [0.05, 0.1) is 5.69 Å². The molecule has 0 saturated heterocycles. The third kappa shape index (κ3) is 2.90. The van der Waals surface area contributed by atoms with E-state index >= 15 is 0 Å². The zero-order valence-corrected chi connectivity index (χ0v) is 11.5. The first-order valence-corrected chi connectivity index (χ1v) is 6.32. The standard InChI is InChI=1S/C14H13BrN2O/c1-17(13-10-6-5-9-12(13)15)14(18)16-11-7-3-2-4-8-11/h2-10H,1H3,(H,16,18). The number of hydrogen-bond donors (Lipinski definition) is 1. The van der Waals surface area contributed by atoms with Crippen LogP contribution in [0.2, 0.25) is 0 Å². The zero-order valence-electron chi connectivity index (χ0n) is 9.93. The molecule has 0 saturated carbocycles. The van der Waals surface area contributed by atoms with Gasteiger partial charge in [0, 0.05) is 17.2 Å². The highest BCUT2D eigenvalue weighted by Gasteiger charge is 2.12. The molecule has 2 rings (SSSR count). The highest BCUT2D eigenvalue weighted by Crippen LogP contribution is 2.25. The molecule has 0 aliphatic carbocycles. The molecule has 2 amide bonds. The van der Waals surface area contributed by atoms with Gasteiger partial charge in [-0.25, -0.2) is 4.79 Å². The van der Waals surface area contributed by atoms with E-state index in [2.05, 4.69) is 21.2 Å². The third-order valence-electron chi connectivity index (χ3n) is 2.54. The molecule has 0 spiro atoms. The first kappa shape index (κ1) is 12.6. The largest absolute Gasteiger partial charge is 0.326 e. The lowest BCUT2D eigenvalue weighted by atomic mass is 10.3. The van der Waals surface area contributed by atoms with Gasteiger partial charge in [-0.3, -0.25) is 4.90 Å². The number of anilines is 2. The summed E-state index contributed by atoms with van der Waals surface area (Å²) in [4.78, 5) is 13.6. The normalized spacial score (nSPS) is 9.89. The van der Waals surface area contributed by atoms with Crippen molar-refractivity contribution in [3.63, 3.8) is 0 Å². The summed E-state index contributed by atoms with van der Waals surface area (Å²) in [5.41, 5.74) is 1.60. The van der Waals surface area contributed by atoms with Crippen molar-refractivity contribution in [3.8, 4) is 0 Å². The van der Waals surface area contributed by atoms with Crippen molar-refractivity contribution in [1.82, 2.24) is 0 Å². The van der Waals surface area contributed by atoms with Crippen LogP contribution in [0, 0.1) is 0 Å². The molecule has 2 aromatic rings. The highest BCUT2D eigenvalue weighted by atomic mass is 79.9. The van der Waals surface area contributed by atoms with E-state index in [0.717, 1.165) is 15.8 Å². The predicted molar refractivity (Wildman–Crippen MR) is 78.0 cm³/mol. The van der Waals surface area contributed by atoms with Crippen molar-refractivity contribution in [3.05, 3.63) is 59.1 Å². The van der Waals surface area contributed by atoms with E-state index in [-0.39, 0.29) is 6.03 Å². The summed E-state index contributed by atoms with van der Waals surface area (Å²) in [5, 5.41) is 2.83. The second-order valence-corrected chi connectivity index (χ2v) is 4.66. The van der Waals surface area contributed by atoms with Gasteiger partial charge in [0.25, 0.3) is 0 Å². The number of rotatable bonds is 2. The predicted octanol–water partition coefficient (Wildman–Crippen LogP) is 4.12. The molecule has 18 heavy (non-hydrogen) atoms. The zero-order chi connectivity index (χ0) is 13.0. The number of para-hydroxylation sites is 2. The first-order valence-electron chi connectivity index (χ1n) is 5.53. The molecule has 3 nitrogen and oxygen atoms in total. The SMILES string of the molecule is CN(C(=O)Nc1ccccc1)c1ccccc1Br. The van der Waals surface area contributed by atoms with E-state index in [9.17, 15) is 4.79 Å². The highest BCUT2D eigenvalue weighted by molar-refractivity contribution is 9.10. The van der Waals surface area contributed by atoms with Gasteiger partial charge in [0.1, 0.15) is 0 Å². The van der Waals surface area contributed by atoms with Gasteiger partial charge in [-0.2, -0.15) is 0 Å². The summed E-state index contributed by atoms with van der Waals surface area (Å²) in [5.74, 6) is 0. The lowest BCUT2D eigenvalue weighted by Gasteiger charge is -2.19. The van der Waals surface area contributed by atoms with Crippen LogP contribution in [0.4, 0.5) is 16.2 Å². The van der Waals surface area contributed by atoms with Crippen LogP contribution in [-0.4, -0.2) is 13.1 Å². The third-order valence-corrected chi connectivity index (χ3v) is 3.21. The van der Waals surface area contributed by atoms with Crippen molar-refractivity contribution in [2.75, 3.05) is 17.3 Å². The number of carbonyl (C=O) groups is 1. The monoisotopic (exact) mass is 304 g/mol. The molecule has 4 heteroatoms. The Bertz CT molecular complexity index is 543. The van der Waals surface area contributed by atoms with Gasteiger partial charge in [-0.15, -0.1) is 0 Å². The van der Waals surface area contributed by atoms with E-state index in [1.807, 2.05) is 54.6 Å². The number of hydrogen-bond acceptors (Lipinski definition) is 1. The fourth-order valence-corrected chi connectivity index (χ4v) is 2.11. The number of nitrogens with zero attached hydrogens (tertiary/aromatic N) is 1. The van der Waals surface area contributed by atoms with Crippen molar-refractivity contribution >= 4 is 33.3 Å². The molecule has 0 fully saturated rings. The van der Waals surface area contributed by atoms with Gasteiger partial charge in [-0.05, 0) is 40.2 Å². The van der Waals surface area contributed by atoms with Crippen molar-refractivity contribution < 1.29 is 4.79 Å². The van der Waals surface area contributed by atoms with Gasteiger partial charge in [0.15, 0.2) is 0 Å². The minimum absolute atomic E-state index is 0.173. The lowest BCUT2D eigenvalue weighted by molar-refractivity contribution is 0.258. The maximum absolute atomic E-state index is 12.1. The molecular formula is C14H13BrN2O. The second kappa shape index (κ2) is 5.69. The van der Waals surface area contributed by atoms with Crippen LogP contribution in [0.3, 0.4) is 0 Å². The second-order valence-electron chi connectivity index (χ2n) is 3.81. The van der Waals surface area contributed by atoms with E-state index in [4.69, 9.17) is 0 Å². The van der Waals surface area contributed by atoms with Crippen LogP contribution in [0.15, 0.2) is 59.1 Å². The molecule has 0 atom stereocenters. The topological polar surface area (TPSA) is 32.3 Å². The number of nitrogens with one attached hydrogen (secondary N) is 1. The molecule has 0 heterocycles. The van der Waals surface area contributed by atoms with Crippen molar-refractivity contribution in [2.24, 2.45) is 0 Å². The smallest absolute Gasteiger partial charge is 0.308 e. The maximum atomic E-state index is 12.1. The molecule has 92 valence electrons. The van der Waals surface area contributed by atoms with Crippen LogP contribution in [-0.2, 0) is 0 Å². The quantitative estimate of drug-likeness (QED) is 0.889. The first-order chi connectivity index (χ1) is 8.68. The molecule has 2 aromatic carbocycles. The van der Waals surface area contributed by atoms with Crippen LogP contribution < -0.4 is 10.2 Å². The number of amides is 2. The van der Waals surface area contributed by atoms with E-state index in [1.165, 1.54) is 0 Å². The Morgan fingerprint density at radius 2 is 1.67 bits per heavy atom. The van der Waals surface area contributed by atoms with Crippen LogP contribution >= 0.6 is 15.9 Å². The summed E-state index contributed by atoms with van der Waals surface area (Å²) in [6.07, 6.45) is 0. The van der Waals surface area contributed by atoms with Gasteiger partial charge < -0.3 is 5.32 Å². The summed E-state index contributed by atoms with van der Waals surface area (Å²) in [6.45, 7) is 0. The fraction of sp³-hybridized carbons (Fsp3) is 0.0714. The number of urea groups is 1. The molecular weight excluding hydrogens is 292 g/mol. The Morgan fingerprint density at radius 3 is 2.33 bits per heavy atom. The van der Waals surface area contributed by atoms with Crippen LogP contribution in [0.1, 0.15) is 0 Å².